The van der Waals surface area contributed by atoms with Gasteiger partial charge in [0.2, 0.25) is 0 Å². The van der Waals surface area contributed by atoms with E-state index in [1.54, 1.807) is 18.2 Å². The number of benzene rings is 2. The predicted molar refractivity (Wildman–Crippen MR) is 85.8 cm³/mol. The van der Waals surface area contributed by atoms with E-state index in [4.69, 9.17) is 0 Å². The Balaban J connectivity index is 2.56. The Morgan fingerprint density at radius 1 is 0.957 bits per heavy atom. The molecule has 2 rings (SSSR count). The molecule has 1 unspecified atom stereocenters. The first-order chi connectivity index (χ1) is 10.8. The maximum atomic E-state index is 12.7. The van der Waals surface area contributed by atoms with Crippen LogP contribution < -0.4 is 0 Å². The summed E-state index contributed by atoms with van der Waals surface area (Å²) in [6.07, 6.45) is 0. The minimum absolute atomic E-state index is 0.209. The largest absolute Gasteiger partial charge is 0.290 e. The fourth-order valence-electron chi connectivity index (χ4n) is 1.71. The van der Waals surface area contributed by atoms with Crippen LogP contribution in [0, 0.1) is 10.1 Å². The number of nitro benzene ring substituents is 1. The van der Waals surface area contributed by atoms with Crippen molar-refractivity contribution in [1.82, 2.24) is 0 Å². The molecule has 0 amide bonds. The van der Waals surface area contributed by atoms with Gasteiger partial charge in [-0.2, -0.15) is 8.42 Å². The van der Waals surface area contributed by atoms with Crippen LogP contribution in [0.3, 0.4) is 0 Å². The van der Waals surface area contributed by atoms with Crippen LogP contribution in [0.4, 0.5) is 5.69 Å². The summed E-state index contributed by atoms with van der Waals surface area (Å²) in [6, 6.07) is 12.0. The molecule has 0 radical (unpaired) electrons. The van der Waals surface area contributed by atoms with Crippen molar-refractivity contribution in [1.29, 1.82) is 0 Å². The fraction of sp³-hybridized carbons (Fsp3) is 0. The average Bonchev–Trinajstić information content (AvgIpc) is 2.55. The highest BCUT2D eigenvalue weighted by Gasteiger charge is 2.19. The lowest BCUT2D eigenvalue weighted by Gasteiger charge is -2.05. The van der Waals surface area contributed by atoms with Gasteiger partial charge in [-0.05, 0) is 24.3 Å². The van der Waals surface area contributed by atoms with Crippen LogP contribution in [0.25, 0.3) is 0 Å². The lowest BCUT2D eigenvalue weighted by molar-refractivity contribution is -0.384. The van der Waals surface area contributed by atoms with E-state index in [1.807, 2.05) is 0 Å². The third-order valence-corrected chi connectivity index (χ3v) is 6.80. The molecule has 0 bridgehead atoms. The van der Waals surface area contributed by atoms with E-state index in [0.29, 0.717) is 0 Å². The fourth-order valence-corrected chi connectivity index (χ4v) is 5.03. The third-order valence-electron chi connectivity index (χ3n) is 2.86. The predicted octanol–water partition coefficient (Wildman–Crippen LogP) is 2.95. The lowest BCUT2D eigenvalue weighted by atomic mass is 10.3. The molecule has 9 heteroatoms. The van der Waals surface area contributed by atoms with Crippen molar-refractivity contribution in [2.24, 2.45) is 3.77 Å². The Morgan fingerprint density at radius 2 is 1.52 bits per heavy atom. The molecule has 0 heterocycles. The monoisotopic (exact) mass is 352 g/mol. The van der Waals surface area contributed by atoms with Crippen molar-refractivity contribution in [3.8, 4) is 0 Å². The van der Waals surface area contributed by atoms with Crippen LogP contribution in [0.1, 0.15) is 0 Å². The number of nitro groups is 1. The summed E-state index contributed by atoms with van der Waals surface area (Å²) in [4.78, 5) is 9.87. The van der Waals surface area contributed by atoms with Gasteiger partial charge in [-0.25, -0.2) is 4.21 Å². The van der Waals surface area contributed by atoms with Crippen LogP contribution in [-0.4, -0.2) is 17.6 Å². The lowest BCUT2D eigenvalue weighted by Crippen LogP contribution is -2.04. The molecule has 0 aliphatic rings. The van der Waals surface area contributed by atoms with Gasteiger partial charge in [0.05, 0.1) is 14.7 Å². The molecule has 7 nitrogen and oxygen atoms in total. The van der Waals surface area contributed by atoms with Crippen molar-refractivity contribution < 1.29 is 17.6 Å². The molecule has 0 fully saturated rings. The zero-order valence-electron chi connectivity index (χ0n) is 11.7. The van der Waals surface area contributed by atoms with Crippen LogP contribution in [0.2, 0.25) is 0 Å². The highest BCUT2D eigenvalue weighted by atomic mass is 32.3. The second-order valence-electron chi connectivity index (χ2n) is 4.35. The minimum atomic E-state index is -4.26. The number of sulfonamides is 1. The van der Waals surface area contributed by atoms with Crippen LogP contribution in [0.5, 0.6) is 0 Å². The van der Waals surface area contributed by atoms with Gasteiger partial charge in [0.25, 0.3) is 15.7 Å². The summed E-state index contributed by atoms with van der Waals surface area (Å²) in [7, 11) is -7.64. The molecule has 2 aromatic carbocycles. The van der Waals surface area contributed by atoms with Gasteiger partial charge in [-0.1, -0.05) is 28.5 Å². The molecule has 23 heavy (non-hydrogen) atoms. The standard InChI is InChI=1S/C14H12N2O5S2/c1-2-22(19,13-6-4-3-5-7-13)15-23(20,21)14-10-8-12(9-11-14)16(17)18/h2-11H,1H2. The number of nitrogens with zero attached hydrogens (tertiary/aromatic N) is 2. The van der Waals surface area contributed by atoms with Crippen molar-refractivity contribution >= 4 is 25.4 Å². The Labute approximate surface area is 133 Å². The summed E-state index contributed by atoms with van der Waals surface area (Å²) < 4.78 is 40.8. The normalized spacial score (nSPS) is 13.7. The second-order valence-corrected chi connectivity index (χ2v) is 8.31. The Kier molecular flexibility index (Phi) is 4.62. The topological polar surface area (TPSA) is 107 Å². The van der Waals surface area contributed by atoms with Gasteiger partial charge in [-0.15, -0.1) is 0 Å². The van der Waals surface area contributed by atoms with E-state index in [9.17, 15) is 22.7 Å². The molecule has 120 valence electrons. The van der Waals surface area contributed by atoms with Gasteiger partial charge in [0.1, 0.15) is 9.73 Å². The van der Waals surface area contributed by atoms with Gasteiger partial charge in [-0.3, -0.25) is 10.1 Å². The number of hydrogen-bond acceptors (Lipinski definition) is 5. The summed E-state index contributed by atoms with van der Waals surface area (Å²) in [5, 5.41) is 11.6. The van der Waals surface area contributed by atoms with E-state index in [1.165, 1.54) is 12.1 Å². The highest BCUT2D eigenvalue weighted by molar-refractivity contribution is 8.05. The van der Waals surface area contributed by atoms with Crippen molar-refractivity contribution in [2.75, 3.05) is 0 Å². The summed E-state index contributed by atoms with van der Waals surface area (Å²) in [6.45, 7) is 3.40. The second kappa shape index (κ2) is 6.31. The minimum Gasteiger partial charge on any atom is -0.258 e. The molecule has 0 saturated carbocycles. The van der Waals surface area contributed by atoms with Crippen molar-refractivity contribution in [3.05, 3.63) is 76.7 Å². The number of rotatable bonds is 5. The Bertz CT molecular complexity index is 958. The number of non-ortho nitro benzene ring substituents is 1. The van der Waals surface area contributed by atoms with Gasteiger partial charge < -0.3 is 0 Å². The maximum absolute atomic E-state index is 12.7. The molecule has 0 aliphatic carbocycles. The highest BCUT2D eigenvalue weighted by Crippen LogP contribution is 2.22. The quantitative estimate of drug-likeness (QED) is 0.607. The van der Waals surface area contributed by atoms with Gasteiger partial charge in [0, 0.05) is 17.5 Å². The smallest absolute Gasteiger partial charge is 0.258 e. The van der Waals surface area contributed by atoms with E-state index in [0.717, 1.165) is 29.7 Å². The summed E-state index contributed by atoms with van der Waals surface area (Å²) in [5.41, 5.74) is -0.253. The SMILES string of the molecule is C=CS(=O)(=NS(=O)(=O)c1ccc([N+](=O)[O-])cc1)c1ccccc1. The average molecular weight is 352 g/mol. The molecule has 0 spiro atoms. The van der Waals surface area contributed by atoms with E-state index < -0.39 is 24.7 Å². The molecule has 0 aromatic heterocycles. The third kappa shape index (κ3) is 3.63. The van der Waals surface area contributed by atoms with Crippen LogP contribution >= 0.6 is 0 Å². The van der Waals surface area contributed by atoms with E-state index >= 15 is 0 Å². The van der Waals surface area contributed by atoms with Crippen molar-refractivity contribution in [2.45, 2.75) is 9.79 Å². The first kappa shape index (κ1) is 16.8. The molecule has 1 atom stereocenters. The molecule has 0 aliphatic heterocycles. The van der Waals surface area contributed by atoms with Gasteiger partial charge in [0.15, 0.2) is 0 Å². The van der Waals surface area contributed by atoms with E-state index in [-0.39, 0.29) is 15.5 Å². The molecule has 0 saturated heterocycles. The zero-order valence-corrected chi connectivity index (χ0v) is 13.4. The Morgan fingerprint density at radius 3 is 2.00 bits per heavy atom. The van der Waals surface area contributed by atoms with Gasteiger partial charge >= 0.3 is 0 Å². The summed E-state index contributed by atoms with van der Waals surface area (Å²) >= 11 is 0. The molecule has 0 N–H and O–H groups in total. The first-order valence-corrected chi connectivity index (χ1v) is 9.26. The molecular weight excluding hydrogens is 340 g/mol. The van der Waals surface area contributed by atoms with E-state index in [2.05, 4.69) is 10.3 Å². The summed E-state index contributed by atoms with van der Waals surface area (Å²) in [5.74, 6) is 0. The Hall–Kier alpha value is -2.52. The zero-order chi connectivity index (χ0) is 17.1. The first-order valence-electron chi connectivity index (χ1n) is 6.24. The van der Waals surface area contributed by atoms with Crippen molar-refractivity contribution in [3.63, 3.8) is 0 Å². The van der Waals surface area contributed by atoms with Crippen LogP contribution in [-0.2, 0) is 19.8 Å². The molecule has 2 aromatic rings. The van der Waals surface area contributed by atoms with Crippen LogP contribution in [0.15, 0.2) is 80.1 Å². The number of hydrogen-bond donors (Lipinski definition) is 0. The molecular formula is C14H12N2O5S2. The maximum Gasteiger partial charge on any atom is 0.290 e.